The Morgan fingerprint density at radius 2 is 1.72 bits per heavy atom. The van der Waals surface area contributed by atoms with Crippen molar-refractivity contribution in [3.8, 4) is 0 Å². The molecule has 174 valence electrons. The molecule has 0 saturated heterocycles. The number of rotatable bonds is 9. The van der Waals surface area contributed by atoms with Crippen LogP contribution in [0.25, 0.3) is 0 Å². The average Bonchev–Trinajstić information content (AvgIpc) is 2.72. The van der Waals surface area contributed by atoms with Gasteiger partial charge in [-0.25, -0.2) is 4.79 Å². The monoisotopic (exact) mass is 452 g/mol. The fraction of sp³-hybridized carbons (Fsp3) is 0.364. The van der Waals surface area contributed by atoms with Crippen LogP contribution in [-0.2, 0) is 10.9 Å². The van der Waals surface area contributed by atoms with Gasteiger partial charge in [-0.15, -0.1) is 0 Å². The summed E-state index contributed by atoms with van der Waals surface area (Å²) in [6, 6.07) is 8.38. The Kier molecular flexibility index (Phi) is 8.89. The second kappa shape index (κ2) is 11.4. The standard InChI is InChI=1S/C22H27F3N4O3/c1-4-32-12-6-11-26-20(30)18-14-17(9-10-19(18)29(2)3)28-21(31)27-16-8-5-7-15(13-16)22(23,24)25/h5,7-10,13-14H,4,6,11-12H2,1-3H3,(H,26,30)(H2,27,28,31). The summed E-state index contributed by atoms with van der Waals surface area (Å²) in [7, 11) is 3.57. The Hall–Kier alpha value is -3.27. The van der Waals surface area contributed by atoms with Crippen molar-refractivity contribution in [1.29, 1.82) is 0 Å². The summed E-state index contributed by atoms with van der Waals surface area (Å²) in [5.41, 5.74) is 0.447. The molecule has 2 rings (SSSR count). The molecular weight excluding hydrogens is 425 g/mol. The van der Waals surface area contributed by atoms with E-state index in [4.69, 9.17) is 4.74 Å². The van der Waals surface area contributed by atoms with Crippen LogP contribution in [0.4, 0.5) is 35.0 Å². The minimum Gasteiger partial charge on any atom is -0.382 e. The molecule has 0 atom stereocenters. The van der Waals surface area contributed by atoms with Gasteiger partial charge in [0.05, 0.1) is 11.1 Å². The molecular formula is C22H27F3N4O3. The third-order valence-corrected chi connectivity index (χ3v) is 4.38. The Morgan fingerprint density at radius 1 is 1.03 bits per heavy atom. The normalized spacial score (nSPS) is 11.1. The Morgan fingerprint density at radius 3 is 2.34 bits per heavy atom. The van der Waals surface area contributed by atoms with Crippen LogP contribution in [0.3, 0.4) is 0 Å². The van der Waals surface area contributed by atoms with Gasteiger partial charge in [0.15, 0.2) is 0 Å². The maximum absolute atomic E-state index is 12.8. The van der Waals surface area contributed by atoms with Crippen molar-refractivity contribution < 1.29 is 27.5 Å². The molecule has 2 aromatic carbocycles. The van der Waals surface area contributed by atoms with Crippen molar-refractivity contribution >= 4 is 29.0 Å². The number of alkyl halides is 3. The van der Waals surface area contributed by atoms with Crippen LogP contribution in [-0.4, -0.2) is 45.8 Å². The lowest BCUT2D eigenvalue weighted by Crippen LogP contribution is -2.28. The summed E-state index contributed by atoms with van der Waals surface area (Å²) in [5, 5.41) is 7.73. The Labute approximate surface area is 184 Å². The topological polar surface area (TPSA) is 82.7 Å². The molecule has 0 aliphatic carbocycles. The molecule has 0 aliphatic heterocycles. The molecule has 2 aromatic rings. The number of ether oxygens (including phenoxy) is 1. The largest absolute Gasteiger partial charge is 0.416 e. The molecule has 3 N–H and O–H groups in total. The summed E-state index contributed by atoms with van der Waals surface area (Å²) in [4.78, 5) is 26.7. The van der Waals surface area contributed by atoms with Crippen molar-refractivity contribution in [3.63, 3.8) is 0 Å². The quantitative estimate of drug-likeness (QED) is 0.487. The number of amides is 3. The first-order valence-corrected chi connectivity index (χ1v) is 10.0. The van der Waals surface area contributed by atoms with Gasteiger partial charge in [0.1, 0.15) is 0 Å². The zero-order valence-electron chi connectivity index (χ0n) is 18.2. The Balaban J connectivity index is 2.09. The van der Waals surface area contributed by atoms with Crippen LogP contribution >= 0.6 is 0 Å². The predicted molar refractivity (Wildman–Crippen MR) is 118 cm³/mol. The highest BCUT2D eigenvalue weighted by Crippen LogP contribution is 2.30. The van der Waals surface area contributed by atoms with Crippen LogP contribution in [0.2, 0.25) is 0 Å². The Bertz CT molecular complexity index is 933. The molecule has 0 spiro atoms. The SMILES string of the molecule is CCOCCCNC(=O)c1cc(NC(=O)Nc2cccc(C(F)(F)F)c2)ccc1N(C)C. The number of benzene rings is 2. The van der Waals surface area contributed by atoms with E-state index >= 15 is 0 Å². The first-order chi connectivity index (χ1) is 15.1. The van der Waals surface area contributed by atoms with Crippen molar-refractivity contribution in [2.75, 3.05) is 49.4 Å². The van der Waals surface area contributed by atoms with Crippen LogP contribution in [0, 0.1) is 0 Å². The van der Waals surface area contributed by atoms with E-state index in [1.165, 1.54) is 18.2 Å². The highest BCUT2D eigenvalue weighted by Gasteiger charge is 2.30. The van der Waals surface area contributed by atoms with Crippen molar-refractivity contribution in [3.05, 3.63) is 53.6 Å². The third-order valence-electron chi connectivity index (χ3n) is 4.38. The van der Waals surface area contributed by atoms with Gasteiger partial charge in [-0.2, -0.15) is 13.2 Å². The van der Waals surface area contributed by atoms with E-state index in [0.717, 1.165) is 12.1 Å². The van der Waals surface area contributed by atoms with Crippen LogP contribution in [0.15, 0.2) is 42.5 Å². The molecule has 7 nitrogen and oxygen atoms in total. The first kappa shape index (κ1) is 25.0. The van der Waals surface area contributed by atoms with E-state index in [1.807, 2.05) is 6.92 Å². The second-order valence-corrected chi connectivity index (χ2v) is 7.09. The number of carbonyl (C=O) groups excluding carboxylic acids is 2. The van der Waals surface area contributed by atoms with Gasteiger partial charge in [0.2, 0.25) is 0 Å². The van der Waals surface area contributed by atoms with Gasteiger partial charge < -0.3 is 25.6 Å². The molecule has 0 saturated carbocycles. The van der Waals surface area contributed by atoms with Gasteiger partial charge >= 0.3 is 12.2 Å². The fourth-order valence-electron chi connectivity index (χ4n) is 2.87. The first-order valence-electron chi connectivity index (χ1n) is 10.0. The molecule has 0 aromatic heterocycles. The molecule has 0 unspecified atom stereocenters. The molecule has 10 heteroatoms. The van der Waals surface area contributed by atoms with Gasteiger partial charge in [-0.1, -0.05) is 6.07 Å². The van der Waals surface area contributed by atoms with E-state index in [1.54, 1.807) is 31.1 Å². The highest BCUT2D eigenvalue weighted by atomic mass is 19.4. The molecule has 0 fully saturated rings. The molecule has 0 radical (unpaired) electrons. The summed E-state index contributed by atoms with van der Waals surface area (Å²) in [6.45, 7) is 3.46. The number of hydrogen-bond acceptors (Lipinski definition) is 4. The predicted octanol–water partition coefficient (Wildman–Crippen LogP) is 4.57. The molecule has 0 aliphatic rings. The summed E-state index contributed by atoms with van der Waals surface area (Å²) in [5.74, 6) is -0.313. The minimum absolute atomic E-state index is 0.00509. The maximum atomic E-state index is 12.8. The van der Waals surface area contributed by atoms with E-state index in [2.05, 4.69) is 16.0 Å². The molecule has 0 bridgehead atoms. The van der Waals surface area contributed by atoms with Gasteiger partial charge in [0.25, 0.3) is 5.91 Å². The van der Waals surface area contributed by atoms with Crippen molar-refractivity contribution in [2.24, 2.45) is 0 Å². The summed E-state index contributed by atoms with van der Waals surface area (Å²) < 4.78 is 43.8. The minimum atomic E-state index is -4.51. The zero-order chi connectivity index (χ0) is 23.7. The van der Waals surface area contributed by atoms with Gasteiger partial charge in [-0.05, 0) is 49.7 Å². The molecule has 0 heterocycles. The van der Waals surface area contributed by atoms with Gasteiger partial charge in [0, 0.05) is 50.9 Å². The van der Waals surface area contributed by atoms with E-state index in [0.29, 0.717) is 43.1 Å². The third kappa shape index (κ3) is 7.45. The van der Waals surface area contributed by atoms with Crippen LogP contribution in [0.5, 0.6) is 0 Å². The van der Waals surface area contributed by atoms with E-state index in [-0.39, 0.29) is 11.6 Å². The number of nitrogens with zero attached hydrogens (tertiary/aromatic N) is 1. The van der Waals surface area contributed by atoms with Crippen molar-refractivity contribution in [1.82, 2.24) is 5.32 Å². The molecule has 3 amide bonds. The van der Waals surface area contributed by atoms with E-state index in [9.17, 15) is 22.8 Å². The number of halogens is 3. The number of carbonyl (C=O) groups is 2. The zero-order valence-corrected chi connectivity index (χ0v) is 18.2. The number of hydrogen-bond donors (Lipinski definition) is 3. The fourth-order valence-corrected chi connectivity index (χ4v) is 2.87. The highest BCUT2D eigenvalue weighted by molar-refractivity contribution is 6.04. The number of urea groups is 1. The number of nitrogens with one attached hydrogen (secondary N) is 3. The number of anilines is 3. The lowest BCUT2D eigenvalue weighted by atomic mass is 10.1. The lowest BCUT2D eigenvalue weighted by Gasteiger charge is -2.19. The smallest absolute Gasteiger partial charge is 0.382 e. The van der Waals surface area contributed by atoms with Crippen LogP contribution in [0.1, 0.15) is 29.3 Å². The average molecular weight is 452 g/mol. The van der Waals surface area contributed by atoms with E-state index < -0.39 is 17.8 Å². The molecule has 32 heavy (non-hydrogen) atoms. The summed E-state index contributed by atoms with van der Waals surface area (Å²) in [6.07, 6.45) is -3.85. The second-order valence-electron chi connectivity index (χ2n) is 7.09. The lowest BCUT2D eigenvalue weighted by molar-refractivity contribution is -0.137. The summed E-state index contributed by atoms with van der Waals surface area (Å²) >= 11 is 0. The van der Waals surface area contributed by atoms with Crippen molar-refractivity contribution in [2.45, 2.75) is 19.5 Å². The van der Waals surface area contributed by atoms with Gasteiger partial charge in [-0.3, -0.25) is 4.79 Å². The van der Waals surface area contributed by atoms with Crippen LogP contribution < -0.4 is 20.9 Å². The maximum Gasteiger partial charge on any atom is 0.416 e.